The van der Waals surface area contributed by atoms with Crippen molar-refractivity contribution in [1.82, 2.24) is 0 Å². The molecule has 2 aromatic carbocycles. The van der Waals surface area contributed by atoms with Gasteiger partial charge in [-0.25, -0.2) is 0 Å². The molecule has 19 heavy (non-hydrogen) atoms. The number of alkyl halides is 3. The van der Waals surface area contributed by atoms with Gasteiger partial charge in [0, 0.05) is 0 Å². The van der Waals surface area contributed by atoms with Crippen LogP contribution < -0.4 is 0 Å². The van der Waals surface area contributed by atoms with Crippen LogP contribution in [-0.4, -0.2) is 21.2 Å². The van der Waals surface area contributed by atoms with Gasteiger partial charge in [-0.3, -0.25) is 4.18 Å². The van der Waals surface area contributed by atoms with Gasteiger partial charge in [0.2, 0.25) is 0 Å². The van der Waals surface area contributed by atoms with Crippen LogP contribution in [0.2, 0.25) is 0 Å². The normalized spacial score (nSPS) is 12.8. The molecule has 0 aromatic heterocycles. The third-order valence-electron chi connectivity index (χ3n) is 2.39. The van der Waals surface area contributed by atoms with Gasteiger partial charge in [-0.15, -0.1) is 0 Å². The van der Waals surface area contributed by atoms with E-state index in [9.17, 15) is 21.6 Å². The van der Waals surface area contributed by atoms with Gasteiger partial charge in [0.05, 0.1) is 4.90 Å². The third kappa shape index (κ3) is 3.45. The molecular formula is C12H9F3O3S. The van der Waals surface area contributed by atoms with E-state index in [4.69, 9.17) is 0 Å². The number of benzene rings is 2. The molecule has 0 aliphatic carbocycles. The molecule has 3 nitrogen and oxygen atoms in total. The molecule has 102 valence electrons. The van der Waals surface area contributed by atoms with E-state index in [1.807, 2.05) is 0 Å². The minimum absolute atomic E-state index is 0.296. The van der Waals surface area contributed by atoms with Crippen molar-refractivity contribution in [2.75, 3.05) is 6.61 Å². The predicted octanol–water partition coefficient (Wildman–Crippen LogP) is 3.11. The van der Waals surface area contributed by atoms with Gasteiger partial charge in [0.25, 0.3) is 10.1 Å². The molecule has 0 saturated heterocycles. The van der Waals surface area contributed by atoms with Crippen LogP contribution in [0.4, 0.5) is 13.2 Å². The first-order valence-electron chi connectivity index (χ1n) is 5.23. The maximum absolute atomic E-state index is 12.0. The van der Waals surface area contributed by atoms with Crippen molar-refractivity contribution in [3.63, 3.8) is 0 Å². The SMILES string of the molecule is O=S(=O)(OCC(F)(F)F)c1ccc2ccccc2c1. The summed E-state index contributed by atoms with van der Waals surface area (Å²) in [5.74, 6) is 0. The lowest BCUT2D eigenvalue weighted by Gasteiger charge is -2.08. The summed E-state index contributed by atoms with van der Waals surface area (Å²) in [4.78, 5) is -0.296. The summed E-state index contributed by atoms with van der Waals surface area (Å²) in [6.07, 6.45) is -4.69. The molecule has 0 heterocycles. The molecule has 2 aromatic rings. The fraction of sp³-hybridized carbons (Fsp3) is 0.167. The highest BCUT2D eigenvalue weighted by Crippen LogP contribution is 2.22. The number of hydrogen-bond donors (Lipinski definition) is 0. The number of rotatable bonds is 3. The van der Waals surface area contributed by atoms with Crippen molar-refractivity contribution in [3.8, 4) is 0 Å². The minimum atomic E-state index is -4.69. The molecule has 0 bridgehead atoms. The van der Waals surface area contributed by atoms with E-state index in [1.54, 1.807) is 24.3 Å². The molecule has 0 fully saturated rings. The fourth-order valence-corrected chi connectivity index (χ4v) is 2.47. The first-order valence-corrected chi connectivity index (χ1v) is 6.64. The number of halogens is 3. The van der Waals surface area contributed by atoms with Crippen molar-refractivity contribution >= 4 is 20.9 Å². The highest BCUT2D eigenvalue weighted by Gasteiger charge is 2.31. The Hall–Kier alpha value is -1.60. The zero-order valence-corrected chi connectivity index (χ0v) is 10.3. The van der Waals surface area contributed by atoms with Gasteiger partial charge in [0.1, 0.15) is 0 Å². The lowest BCUT2D eigenvalue weighted by Crippen LogP contribution is -2.20. The molecule has 0 aliphatic rings. The molecular weight excluding hydrogens is 281 g/mol. The Morgan fingerprint density at radius 2 is 1.63 bits per heavy atom. The molecule has 0 radical (unpaired) electrons. The first-order chi connectivity index (χ1) is 8.78. The van der Waals surface area contributed by atoms with Crippen molar-refractivity contribution in [2.24, 2.45) is 0 Å². The van der Waals surface area contributed by atoms with Gasteiger partial charge in [-0.1, -0.05) is 30.3 Å². The molecule has 0 N–H and O–H groups in total. The van der Waals surface area contributed by atoms with E-state index in [0.717, 1.165) is 5.39 Å². The van der Waals surface area contributed by atoms with E-state index < -0.39 is 22.9 Å². The van der Waals surface area contributed by atoms with Gasteiger partial charge < -0.3 is 0 Å². The Morgan fingerprint density at radius 3 is 2.26 bits per heavy atom. The fourth-order valence-electron chi connectivity index (χ4n) is 1.54. The smallest absolute Gasteiger partial charge is 0.257 e. The van der Waals surface area contributed by atoms with Gasteiger partial charge in [0.15, 0.2) is 6.61 Å². The van der Waals surface area contributed by atoms with Crippen LogP contribution in [0.3, 0.4) is 0 Å². The summed E-state index contributed by atoms with van der Waals surface area (Å²) in [6, 6.07) is 10.9. The second-order valence-corrected chi connectivity index (χ2v) is 5.46. The molecule has 0 saturated carbocycles. The molecule has 0 spiro atoms. The van der Waals surface area contributed by atoms with Gasteiger partial charge >= 0.3 is 6.18 Å². The third-order valence-corrected chi connectivity index (χ3v) is 3.65. The zero-order chi connectivity index (χ0) is 14.1. The summed E-state index contributed by atoms with van der Waals surface area (Å²) in [6.45, 7) is -1.83. The van der Waals surface area contributed by atoms with Crippen LogP contribution in [0, 0.1) is 0 Å². The highest BCUT2D eigenvalue weighted by atomic mass is 32.2. The van der Waals surface area contributed by atoms with Crippen molar-refractivity contribution in [1.29, 1.82) is 0 Å². The van der Waals surface area contributed by atoms with E-state index in [0.29, 0.717) is 5.39 Å². The molecule has 0 atom stereocenters. The summed E-state index contributed by atoms with van der Waals surface area (Å²) in [5.41, 5.74) is 0. The predicted molar refractivity (Wildman–Crippen MR) is 63.1 cm³/mol. The van der Waals surface area contributed by atoms with Crippen LogP contribution in [0.5, 0.6) is 0 Å². The quantitative estimate of drug-likeness (QED) is 0.816. The van der Waals surface area contributed by atoms with E-state index in [1.165, 1.54) is 18.2 Å². The topological polar surface area (TPSA) is 43.4 Å². The Kier molecular flexibility index (Phi) is 3.51. The Morgan fingerprint density at radius 1 is 1.00 bits per heavy atom. The van der Waals surface area contributed by atoms with Crippen LogP contribution in [0.25, 0.3) is 10.8 Å². The highest BCUT2D eigenvalue weighted by molar-refractivity contribution is 7.86. The Labute approximate surface area is 107 Å². The molecule has 0 aliphatic heterocycles. The van der Waals surface area contributed by atoms with E-state index in [2.05, 4.69) is 4.18 Å². The monoisotopic (exact) mass is 290 g/mol. The largest absolute Gasteiger partial charge is 0.413 e. The second kappa shape index (κ2) is 4.82. The molecule has 0 amide bonds. The van der Waals surface area contributed by atoms with E-state index >= 15 is 0 Å². The van der Waals surface area contributed by atoms with Crippen molar-refractivity contribution < 1.29 is 25.8 Å². The maximum Gasteiger partial charge on any atom is 0.413 e. The van der Waals surface area contributed by atoms with Gasteiger partial charge in [-0.05, 0) is 22.9 Å². The Balaban J connectivity index is 2.32. The number of hydrogen-bond acceptors (Lipinski definition) is 3. The van der Waals surface area contributed by atoms with Crippen LogP contribution >= 0.6 is 0 Å². The summed E-state index contributed by atoms with van der Waals surface area (Å²) >= 11 is 0. The van der Waals surface area contributed by atoms with Crippen LogP contribution in [0.15, 0.2) is 47.4 Å². The maximum atomic E-state index is 12.0. The summed E-state index contributed by atoms with van der Waals surface area (Å²) in [5, 5.41) is 1.40. The lowest BCUT2D eigenvalue weighted by molar-refractivity contribution is -0.152. The molecule has 2 rings (SSSR count). The van der Waals surface area contributed by atoms with Crippen molar-refractivity contribution in [3.05, 3.63) is 42.5 Å². The number of fused-ring (bicyclic) bond motifs is 1. The van der Waals surface area contributed by atoms with E-state index in [-0.39, 0.29) is 4.90 Å². The summed E-state index contributed by atoms with van der Waals surface area (Å²) in [7, 11) is -4.40. The van der Waals surface area contributed by atoms with Crippen molar-refractivity contribution in [2.45, 2.75) is 11.1 Å². The standard InChI is InChI=1S/C12H9F3O3S/c13-12(14,15)8-18-19(16,17)11-6-5-9-3-1-2-4-10(9)7-11/h1-7H,8H2. The minimum Gasteiger partial charge on any atom is -0.257 e. The Bertz CT molecular complexity index is 693. The van der Waals surface area contributed by atoms with Crippen LogP contribution in [0.1, 0.15) is 0 Å². The average molecular weight is 290 g/mol. The zero-order valence-electron chi connectivity index (χ0n) is 9.52. The van der Waals surface area contributed by atoms with Crippen LogP contribution in [-0.2, 0) is 14.3 Å². The molecule has 7 heteroatoms. The molecule has 0 unspecified atom stereocenters. The lowest BCUT2D eigenvalue weighted by atomic mass is 10.1. The average Bonchev–Trinajstić information content (AvgIpc) is 2.35. The second-order valence-electron chi connectivity index (χ2n) is 3.84. The van der Waals surface area contributed by atoms with Gasteiger partial charge in [-0.2, -0.15) is 21.6 Å². The summed E-state index contributed by atoms with van der Waals surface area (Å²) < 4.78 is 63.1. The first kappa shape index (κ1) is 13.8.